The van der Waals surface area contributed by atoms with Crippen LogP contribution >= 0.6 is 0 Å². The molecule has 1 saturated carbocycles. The first-order valence-corrected chi connectivity index (χ1v) is 7.94. The third-order valence-corrected chi connectivity index (χ3v) is 4.39. The minimum absolute atomic E-state index is 0.222. The van der Waals surface area contributed by atoms with E-state index in [1.165, 1.54) is 12.1 Å². The van der Waals surface area contributed by atoms with Gasteiger partial charge in [-0.2, -0.15) is 0 Å². The number of hydrogen-bond donors (Lipinski definition) is 1. The summed E-state index contributed by atoms with van der Waals surface area (Å²) < 4.78 is 28.3. The van der Waals surface area contributed by atoms with Crippen molar-refractivity contribution in [1.29, 1.82) is 0 Å². The van der Waals surface area contributed by atoms with E-state index in [0.29, 0.717) is 5.75 Å². The Hall–Kier alpha value is -1.07. The highest BCUT2D eigenvalue weighted by Gasteiger charge is 2.31. The molecule has 1 aromatic carbocycles. The zero-order valence-corrected chi connectivity index (χ0v) is 11.2. The second-order valence-corrected chi connectivity index (χ2v) is 6.98. The van der Waals surface area contributed by atoms with Crippen molar-refractivity contribution in [2.75, 3.05) is 12.9 Å². The first-order chi connectivity index (χ1) is 8.39. The van der Waals surface area contributed by atoms with Gasteiger partial charge in [-0.25, -0.2) is 8.42 Å². The van der Waals surface area contributed by atoms with Crippen LogP contribution in [0.15, 0.2) is 29.2 Å². The molecule has 0 atom stereocenters. The molecule has 0 spiro atoms. The number of aliphatic hydroxyl groups is 1. The summed E-state index contributed by atoms with van der Waals surface area (Å²) in [6.07, 6.45) is 4.70. The quantitative estimate of drug-likeness (QED) is 0.905. The molecule has 0 heterocycles. The molecule has 100 valence electrons. The summed E-state index contributed by atoms with van der Waals surface area (Å²) in [6, 6.07) is 6.37. The van der Waals surface area contributed by atoms with Crippen molar-refractivity contribution >= 4 is 9.84 Å². The predicted octanol–water partition coefficient (Wildman–Crippen LogP) is 1.77. The van der Waals surface area contributed by atoms with Crippen molar-refractivity contribution in [1.82, 2.24) is 0 Å². The Labute approximate surface area is 108 Å². The lowest BCUT2D eigenvalue weighted by atomic mass is 10.0. The van der Waals surface area contributed by atoms with Gasteiger partial charge in [0, 0.05) is 6.26 Å². The third-order valence-electron chi connectivity index (χ3n) is 3.28. The molecule has 0 aliphatic heterocycles. The van der Waals surface area contributed by atoms with E-state index in [1.54, 1.807) is 12.1 Å². The van der Waals surface area contributed by atoms with Gasteiger partial charge in [-0.1, -0.05) is 18.9 Å². The Morgan fingerprint density at radius 1 is 1.33 bits per heavy atom. The fraction of sp³-hybridized carbons (Fsp3) is 0.538. The second kappa shape index (κ2) is 4.90. The van der Waals surface area contributed by atoms with Crippen molar-refractivity contribution in [3.05, 3.63) is 24.3 Å². The van der Waals surface area contributed by atoms with Gasteiger partial charge in [0.15, 0.2) is 9.84 Å². The number of sulfone groups is 1. The maximum atomic E-state index is 11.4. The largest absolute Gasteiger partial charge is 0.491 e. The number of hydrogen-bond acceptors (Lipinski definition) is 4. The summed E-state index contributed by atoms with van der Waals surface area (Å²) in [5, 5.41) is 10.1. The SMILES string of the molecule is CS(=O)(=O)c1cccc(OCC2(O)CCCC2)c1. The van der Waals surface area contributed by atoms with E-state index < -0.39 is 15.4 Å². The number of rotatable bonds is 4. The van der Waals surface area contributed by atoms with Gasteiger partial charge in [-0.05, 0) is 31.0 Å². The Balaban J connectivity index is 2.06. The average molecular weight is 270 g/mol. The minimum atomic E-state index is -3.22. The smallest absolute Gasteiger partial charge is 0.175 e. The van der Waals surface area contributed by atoms with E-state index in [-0.39, 0.29) is 11.5 Å². The van der Waals surface area contributed by atoms with E-state index in [1.807, 2.05) is 0 Å². The predicted molar refractivity (Wildman–Crippen MR) is 68.5 cm³/mol. The zero-order chi connectivity index (χ0) is 13.2. The van der Waals surface area contributed by atoms with Gasteiger partial charge in [0.2, 0.25) is 0 Å². The molecule has 4 nitrogen and oxygen atoms in total. The van der Waals surface area contributed by atoms with Crippen LogP contribution in [0.4, 0.5) is 0 Å². The molecular formula is C13H18O4S. The van der Waals surface area contributed by atoms with E-state index in [4.69, 9.17) is 4.74 Å². The highest BCUT2D eigenvalue weighted by molar-refractivity contribution is 7.90. The molecule has 0 aromatic heterocycles. The van der Waals surface area contributed by atoms with Crippen LogP contribution in [0.25, 0.3) is 0 Å². The average Bonchev–Trinajstić information content (AvgIpc) is 2.74. The highest BCUT2D eigenvalue weighted by atomic mass is 32.2. The molecule has 0 bridgehead atoms. The lowest BCUT2D eigenvalue weighted by Gasteiger charge is -2.22. The fourth-order valence-corrected chi connectivity index (χ4v) is 2.85. The molecule has 0 saturated heterocycles. The molecule has 5 heteroatoms. The molecule has 1 aliphatic carbocycles. The van der Waals surface area contributed by atoms with E-state index in [2.05, 4.69) is 0 Å². The molecule has 0 unspecified atom stereocenters. The Bertz CT molecular complexity index is 516. The molecule has 0 radical (unpaired) electrons. The first-order valence-electron chi connectivity index (χ1n) is 6.04. The summed E-state index contributed by atoms with van der Waals surface area (Å²) in [4.78, 5) is 0.235. The van der Waals surface area contributed by atoms with E-state index in [9.17, 15) is 13.5 Å². The van der Waals surface area contributed by atoms with Crippen LogP contribution in [0.5, 0.6) is 5.75 Å². The maximum Gasteiger partial charge on any atom is 0.175 e. The zero-order valence-electron chi connectivity index (χ0n) is 10.4. The van der Waals surface area contributed by atoms with E-state index in [0.717, 1.165) is 31.9 Å². The van der Waals surface area contributed by atoms with Crippen molar-refractivity contribution in [3.8, 4) is 5.75 Å². The summed E-state index contributed by atoms with van der Waals surface area (Å²) in [6.45, 7) is 0.222. The van der Waals surface area contributed by atoms with Gasteiger partial charge in [-0.3, -0.25) is 0 Å². The van der Waals surface area contributed by atoms with Crippen LogP contribution in [0.3, 0.4) is 0 Å². The Kier molecular flexibility index (Phi) is 3.64. The van der Waals surface area contributed by atoms with Gasteiger partial charge >= 0.3 is 0 Å². The van der Waals surface area contributed by atoms with Gasteiger partial charge in [0.25, 0.3) is 0 Å². The van der Waals surface area contributed by atoms with Gasteiger partial charge in [0.1, 0.15) is 12.4 Å². The fourth-order valence-electron chi connectivity index (χ4n) is 2.19. The monoisotopic (exact) mass is 270 g/mol. The van der Waals surface area contributed by atoms with Crippen molar-refractivity contribution in [3.63, 3.8) is 0 Å². The van der Waals surface area contributed by atoms with Crippen LogP contribution in [-0.4, -0.2) is 32.0 Å². The summed E-state index contributed by atoms with van der Waals surface area (Å²) in [5.74, 6) is 0.484. The van der Waals surface area contributed by atoms with Crippen LogP contribution < -0.4 is 4.74 Å². The van der Waals surface area contributed by atoms with Crippen LogP contribution in [-0.2, 0) is 9.84 Å². The molecule has 1 aliphatic rings. The lowest BCUT2D eigenvalue weighted by Crippen LogP contribution is -2.32. The molecule has 18 heavy (non-hydrogen) atoms. The molecule has 0 amide bonds. The molecule has 1 aromatic rings. The van der Waals surface area contributed by atoms with Gasteiger partial charge in [-0.15, -0.1) is 0 Å². The number of benzene rings is 1. The van der Waals surface area contributed by atoms with Crippen molar-refractivity contribution in [2.24, 2.45) is 0 Å². The highest BCUT2D eigenvalue weighted by Crippen LogP contribution is 2.30. The normalized spacial score (nSPS) is 18.8. The van der Waals surface area contributed by atoms with Gasteiger partial charge in [0.05, 0.1) is 10.5 Å². The summed E-state index contributed by atoms with van der Waals surface area (Å²) >= 11 is 0. The standard InChI is InChI=1S/C13H18O4S/c1-18(15,16)12-6-4-5-11(9-12)17-10-13(14)7-2-3-8-13/h4-6,9,14H,2-3,7-8,10H2,1H3. The van der Waals surface area contributed by atoms with Crippen LogP contribution in [0.1, 0.15) is 25.7 Å². The molecule has 2 rings (SSSR count). The Morgan fingerprint density at radius 2 is 2.00 bits per heavy atom. The third kappa shape index (κ3) is 3.23. The summed E-state index contributed by atoms with van der Waals surface area (Å²) in [5.41, 5.74) is -0.749. The Morgan fingerprint density at radius 3 is 2.61 bits per heavy atom. The second-order valence-electron chi connectivity index (χ2n) is 4.97. The molecule has 1 fully saturated rings. The first kappa shape index (κ1) is 13.4. The van der Waals surface area contributed by atoms with Crippen LogP contribution in [0.2, 0.25) is 0 Å². The number of ether oxygens (including phenoxy) is 1. The minimum Gasteiger partial charge on any atom is -0.491 e. The lowest BCUT2D eigenvalue weighted by molar-refractivity contribution is 0.00135. The molecular weight excluding hydrogens is 252 g/mol. The van der Waals surface area contributed by atoms with Crippen molar-refractivity contribution in [2.45, 2.75) is 36.2 Å². The maximum absolute atomic E-state index is 11.4. The van der Waals surface area contributed by atoms with Crippen molar-refractivity contribution < 1.29 is 18.3 Å². The topological polar surface area (TPSA) is 63.6 Å². The van der Waals surface area contributed by atoms with E-state index >= 15 is 0 Å². The molecule has 1 N–H and O–H groups in total. The van der Waals surface area contributed by atoms with Gasteiger partial charge < -0.3 is 9.84 Å². The summed E-state index contributed by atoms with van der Waals surface area (Å²) in [7, 11) is -3.22. The van der Waals surface area contributed by atoms with Crippen LogP contribution in [0, 0.1) is 0 Å².